The maximum atomic E-state index is 2.78. The molecule has 1 spiro atoms. The molecule has 0 aromatic rings. The Morgan fingerprint density at radius 2 is 0.268 bits per heavy atom. The van der Waals surface area contributed by atoms with Crippen LogP contribution in [0.3, 0.4) is 0 Å². The summed E-state index contributed by atoms with van der Waals surface area (Å²) in [4.78, 5) is 0. The van der Waals surface area contributed by atoms with Gasteiger partial charge in [0.2, 0.25) is 0 Å². The highest BCUT2D eigenvalue weighted by Crippen LogP contribution is 2.45. The fourth-order valence-electron chi connectivity index (χ4n) is 10.8. The minimum Gasteiger partial charge on any atom is -0.0533 e. The highest BCUT2D eigenvalue weighted by atomic mass is 14.4. The molecular formula is C56H109. The van der Waals surface area contributed by atoms with E-state index in [9.17, 15) is 0 Å². The summed E-state index contributed by atoms with van der Waals surface area (Å²) >= 11 is 0. The molecule has 0 aromatic heterocycles. The summed E-state index contributed by atoms with van der Waals surface area (Å²) in [6.07, 6.45) is 83.6. The summed E-state index contributed by atoms with van der Waals surface area (Å²) in [5.74, 6) is 0. The van der Waals surface area contributed by atoms with Gasteiger partial charge in [-0.1, -0.05) is 321 Å². The SMILES string of the molecule is [CH]1CCCC12CCCCCCCCCCCCCCCCCCCCCCCCCCCCCCCCCCCCCCCCCCCCCCCCCCC2. The van der Waals surface area contributed by atoms with Crippen molar-refractivity contribution in [3.63, 3.8) is 0 Å². The second kappa shape index (κ2) is 43.1. The molecule has 333 valence electrons. The van der Waals surface area contributed by atoms with E-state index < -0.39 is 0 Å². The molecule has 2 aliphatic carbocycles. The Kier molecular flexibility index (Phi) is 40.1. The molecule has 56 heavy (non-hydrogen) atoms. The van der Waals surface area contributed by atoms with Crippen LogP contribution in [0.5, 0.6) is 0 Å². The predicted octanol–water partition coefficient (Wildman–Crippen LogP) is 21.3. The molecule has 0 heterocycles. The summed E-state index contributed by atoms with van der Waals surface area (Å²) in [5.41, 5.74) is 0.641. The van der Waals surface area contributed by atoms with Crippen molar-refractivity contribution in [1.82, 2.24) is 0 Å². The lowest BCUT2D eigenvalue weighted by Gasteiger charge is -2.29. The van der Waals surface area contributed by atoms with Gasteiger partial charge >= 0.3 is 0 Å². The van der Waals surface area contributed by atoms with E-state index in [1.54, 1.807) is 0 Å². The molecule has 0 amide bonds. The second-order valence-corrected chi connectivity index (χ2v) is 20.3. The van der Waals surface area contributed by atoms with Crippen LogP contribution >= 0.6 is 0 Å². The van der Waals surface area contributed by atoms with E-state index in [4.69, 9.17) is 0 Å². The maximum Gasteiger partial charge on any atom is -0.0266 e. The van der Waals surface area contributed by atoms with Crippen molar-refractivity contribution in [2.75, 3.05) is 0 Å². The topological polar surface area (TPSA) is 0 Å². The molecule has 2 rings (SSSR count). The van der Waals surface area contributed by atoms with Gasteiger partial charge in [-0.15, -0.1) is 0 Å². The van der Waals surface area contributed by atoms with Crippen molar-refractivity contribution in [2.24, 2.45) is 5.41 Å². The summed E-state index contributed by atoms with van der Waals surface area (Å²) in [5, 5.41) is 0. The zero-order valence-electron chi connectivity index (χ0n) is 39.3. The van der Waals surface area contributed by atoms with Crippen LogP contribution in [0, 0.1) is 11.8 Å². The van der Waals surface area contributed by atoms with E-state index in [1.165, 1.54) is 347 Å². The lowest BCUT2D eigenvalue weighted by molar-refractivity contribution is 0.279. The molecule has 0 bridgehead atoms. The lowest BCUT2D eigenvalue weighted by Crippen LogP contribution is -2.16. The normalized spacial score (nSPS) is 25.3. The lowest BCUT2D eigenvalue weighted by atomic mass is 9.76. The first kappa shape index (κ1) is 52.1. The smallest absolute Gasteiger partial charge is 0.0266 e. The Morgan fingerprint density at radius 1 is 0.143 bits per heavy atom. The highest BCUT2D eigenvalue weighted by Gasteiger charge is 2.32. The van der Waals surface area contributed by atoms with E-state index in [2.05, 4.69) is 6.42 Å². The second-order valence-electron chi connectivity index (χ2n) is 20.3. The van der Waals surface area contributed by atoms with E-state index in [1.807, 2.05) is 0 Å². The summed E-state index contributed by atoms with van der Waals surface area (Å²) in [6, 6.07) is 0. The van der Waals surface area contributed by atoms with E-state index >= 15 is 0 Å². The number of hydrogen-bond acceptors (Lipinski definition) is 0. The predicted molar refractivity (Wildman–Crippen MR) is 256 cm³/mol. The molecular weight excluding hydrogens is 673 g/mol. The Labute approximate surface area is 357 Å². The van der Waals surface area contributed by atoms with Crippen LogP contribution in [-0.2, 0) is 0 Å². The summed E-state index contributed by atoms with van der Waals surface area (Å²) in [7, 11) is 0. The van der Waals surface area contributed by atoms with Crippen molar-refractivity contribution in [1.29, 1.82) is 0 Å². The summed E-state index contributed by atoms with van der Waals surface area (Å²) in [6.45, 7) is 0. The van der Waals surface area contributed by atoms with Gasteiger partial charge in [-0.25, -0.2) is 0 Å². The number of hydrogen-bond donors (Lipinski definition) is 0. The van der Waals surface area contributed by atoms with Gasteiger partial charge in [-0.2, -0.15) is 0 Å². The molecule has 0 saturated heterocycles. The zero-order chi connectivity index (χ0) is 39.4. The Bertz CT molecular complexity index is 662. The van der Waals surface area contributed by atoms with Gasteiger partial charge in [0.1, 0.15) is 0 Å². The first-order valence-electron chi connectivity index (χ1n) is 27.8. The first-order chi connectivity index (χ1) is 27.9. The molecule has 0 heteroatoms. The summed E-state index contributed by atoms with van der Waals surface area (Å²) < 4.78 is 0. The fourth-order valence-corrected chi connectivity index (χ4v) is 10.8. The quantitative estimate of drug-likeness (QED) is 0.230. The van der Waals surface area contributed by atoms with Gasteiger partial charge in [0.05, 0.1) is 0 Å². The average Bonchev–Trinajstić information content (AvgIpc) is 3.68. The van der Waals surface area contributed by atoms with Crippen molar-refractivity contribution >= 4 is 0 Å². The molecule has 0 aliphatic heterocycles. The van der Waals surface area contributed by atoms with Crippen LogP contribution in [0.1, 0.15) is 347 Å². The third-order valence-electron chi connectivity index (χ3n) is 14.8. The van der Waals surface area contributed by atoms with E-state index in [-0.39, 0.29) is 0 Å². The Morgan fingerprint density at radius 3 is 0.393 bits per heavy atom. The highest BCUT2D eigenvalue weighted by molar-refractivity contribution is 4.97. The minimum atomic E-state index is 0.641. The standard InChI is InChI=1S/C56H109/c1-2-4-6-8-10-12-14-16-18-20-22-24-26-28-30-32-34-36-38-40-42-44-46-48-52-56(54-50-51-55-56)53-49-47-45-43-41-39-37-35-33-31-29-27-25-23-21-19-17-15-13-11-9-7-5-3-1/h54H,1-53,55H2. The first-order valence-corrected chi connectivity index (χ1v) is 27.8. The van der Waals surface area contributed by atoms with Crippen LogP contribution in [0.25, 0.3) is 0 Å². The fraction of sp³-hybridized carbons (Fsp3) is 0.982. The van der Waals surface area contributed by atoms with Crippen molar-refractivity contribution in [3.8, 4) is 0 Å². The van der Waals surface area contributed by atoms with Crippen LogP contribution in [0.2, 0.25) is 0 Å². The van der Waals surface area contributed by atoms with Gasteiger partial charge in [0.25, 0.3) is 0 Å². The van der Waals surface area contributed by atoms with Crippen molar-refractivity contribution in [2.45, 2.75) is 347 Å². The number of rotatable bonds is 0. The van der Waals surface area contributed by atoms with Crippen LogP contribution in [-0.4, -0.2) is 0 Å². The molecule has 2 saturated carbocycles. The Hall–Kier alpha value is 0. The molecule has 0 nitrogen and oxygen atoms in total. The third kappa shape index (κ3) is 35.9. The molecule has 1 radical (unpaired) electrons. The van der Waals surface area contributed by atoms with Crippen LogP contribution < -0.4 is 0 Å². The van der Waals surface area contributed by atoms with Gasteiger partial charge in [0.15, 0.2) is 0 Å². The average molecular weight is 782 g/mol. The maximum absolute atomic E-state index is 2.78. The largest absolute Gasteiger partial charge is 0.0533 e. The Balaban J connectivity index is 1.48. The van der Waals surface area contributed by atoms with Crippen molar-refractivity contribution in [3.05, 3.63) is 6.42 Å². The van der Waals surface area contributed by atoms with Gasteiger partial charge < -0.3 is 0 Å². The van der Waals surface area contributed by atoms with Gasteiger partial charge in [-0.3, -0.25) is 0 Å². The minimum absolute atomic E-state index is 0.641. The molecule has 2 fully saturated rings. The van der Waals surface area contributed by atoms with E-state index in [0.29, 0.717) is 5.41 Å². The molecule has 0 atom stereocenters. The van der Waals surface area contributed by atoms with Crippen LogP contribution in [0.4, 0.5) is 0 Å². The monoisotopic (exact) mass is 782 g/mol. The van der Waals surface area contributed by atoms with E-state index in [0.717, 1.165) is 0 Å². The third-order valence-corrected chi connectivity index (χ3v) is 14.8. The van der Waals surface area contributed by atoms with Gasteiger partial charge in [0, 0.05) is 0 Å². The van der Waals surface area contributed by atoms with Gasteiger partial charge in [-0.05, 0) is 37.5 Å². The molecule has 2 aliphatic rings. The van der Waals surface area contributed by atoms with Crippen molar-refractivity contribution < 1.29 is 0 Å². The zero-order valence-corrected chi connectivity index (χ0v) is 39.3. The van der Waals surface area contributed by atoms with Crippen LogP contribution in [0.15, 0.2) is 0 Å². The molecule has 0 aromatic carbocycles. The molecule has 0 N–H and O–H groups in total. The molecule has 0 unspecified atom stereocenters.